The van der Waals surface area contributed by atoms with Gasteiger partial charge in [-0.25, -0.2) is 4.98 Å². The molecule has 0 unspecified atom stereocenters. The van der Waals surface area contributed by atoms with Crippen LogP contribution in [0, 0.1) is 13.8 Å². The largest absolute Gasteiger partial charge is 0.475 e. The van der Waals surface area contributed by atoms with E-state index >= 15 is 0 Å². The summed E-state index contributed by atoms with van der Waals surface area (Å²) in [6, 6.07) is 8.01. The molecular weight excluding hydrogens is 260 g/mol. The van der Waals surface area contributed by atoms with E-state index in [0.717, 1.165) is 11.1 Å². The lowest BCUT2D eigenvalue weighted by Crippen LogP contribution is -2.09. The molecule has 0 spiro atoms. The summed E-state index contributed by atoms with van der Waals surface area (Å²) in [5.74, 6) is 1.14. The van der Waals surface area contributed by atoms with Gasteiger partial charge in [0.2, 0.25) is 5.88 Å². The Morgan fingerprint density at radius 2 is 1.68 bits per heavy atom. The van der Waals surface area contributed by atoms with Gasteiger partial charge in [-0.05, 0) is 27.7 Å². The molecule has 1 heterocycles. The van der Waals surface area contributed by atoms with E-state index in [4.69, 9.17) is 16.3 Å². The smallest absolute Gasteiger partial charge is 0.221 e. The number of rotatable bonds is 3. The first-order valence-corrected chi connectivity index (χ1v) is 6.63. The zero-order chi connectivity index (χ0) is 14.0. The molecular formula is C15H17ClN2O. The average molecular weight is 277 g/mol. The summed E-state index contributed by atoms with van der Waals surface area (Å²) < 4.78 is 5.68. The quantitative estimate of drug-likeness (QED) is 0.788. The van der Waals surface area contributed by atoms with Crippen LogP contribution in [0.5, 0.6) is 5.88 Å². The van der Waals surface area contributed by atoms with E-state index < -0.39 is 0 Å². The molecule has 1 aromatic carbocycles. The van der Waals surface area contributed by atoms with Crippen molar-refractivity contribution in [3.05, 3.63) is 40.5 Å². The highest BCUT2D eigenvalue weighted by atomic mass is 35.5. The Labute approximate surface area is 118 Å². The highest BCUT2D eigenvalue weighted by Crippen LogP contribution is 2.27. The second-order valence-corrected chi connectivity index (χ2v) is 5.16. The highest BCUT2D eigenvalue weighted by molar-refractivity contribution is 6.30. The molecule has 0 radical (unpaired) electrons. The van der Waals surface area contributed by atoms with Gasteiger partial charge in [-0.1, -0.05) is 41.4 Å². The molecule has 0 aliphatic heterocycles. The monoisotopic (exact) mass is 276 g/mol. The van der Waals surface area contributed by atoms with Crippen LogP contribution in [-0.4, -0.2) is 16.1 Å². The zero-order valence-electron chi connectivity index (χ0n) is 11.6. The second kappa shape index (κ2) is 5.57. The number of benzene rings is 1. The van der Waals surface area contributed by atoms with Gasteiger partial charge >= 0.3 is 0 Å². The minimum atomic E-state index is 0.0514. The van der Waals surface area contributed by atoms with Crippen molar-refractivity contribution in [1.82, 2.24) is 9.97 Å². The molecule has 0 fully saturated rings. The molecule has 0 bridgehead atoms. The maximum absolute atomic E-state index is 6.15. The standard InChI is InChI=1S/C15H17ClN2O/c1-9(2)19-15-11(4)13(16)17-14(18-15)12-7-5-10(3)6-8-12/h5-9H,1-4H3. The number of hydrogen-bond acceptors (Lipinski definition) is 3. The first kappa shape index (κ1) is 13.8. The van der Waals surface area contributed by atoms with Crippen molar-refractivity contribution in [1.29, 1.82) is 0 Å². The lowest BCUT2D eigenvalue weighted by Gasteiger charge is -2.13. The van der Waals surface area contributed by atoms with Crippen LogP contribution < -0.4 is 4.74 Å². The SMILES string of the molecule is Cc1ccc(-c2nc(Cl)c(C)c(OC(C)C)n2)cc1. The summed E-state index contributed by atoms with van der Waals surface area (Å²) in [4.78, 5) is 8.77. The predicted molar refractivity (Wildman–Crippen MR) is 77.7 cm³/mol. The third-order valence-corrected chi connectivity index (χ3v) is 3.07. The summed E-state index contributed by atoms with van der Waals surface area (Å²) in [6.07, 6.45) is 0.0514. The van der Waals surface area contributed by atoms with E-state index in [9.17, 15) is 0 Å². The van der Waals surface area contributed by atoms with E-state index in [1.165, 1.54) is 5.56 Å². The summed E-state index contributed by atoms with van der Waals surface area (Å²) in [7, 11) is 0. The minimum absolute atomic E-state index is 0.0514. The molecule has 4 heteroatoms. The van der Waals surface area contributed by atoms with E-state index in [1.54, 1.807) is 0 Å². The average Bonchev–Trinajstić information content (AvgIpc) is 2.35. The molecule has 0 aliphatic carbocycles. The maximum atomic E-state index is 6.15. The Bertz CT molecular complexity index is 579. The lowest BCUT2D eigenvalue weighted by molar-refractivity contribution is 0.231. The Morgan fingerprint density at radius 1 is 1.05 bits per heavy atom. The van der Waals surface area contributed by atoms with Gasteiger partial charge < -0.3 is 4.74 Å². The van der Waals surface area contributed by atoms with Crippen molar-refractivity contribution in [2.75, 3.05) is 0 Å². The molecule has 1 aromatic heterocycles. The van der Waals surface area contributed by atoms with Crippen LogP contribution in [0.1, 0.15) is 25.0 Å². The Kier molecular flexibility index (Phi) is 4.05. The first-order chi connectivity index (χ1) is 8.97. The fraction of sp³-hybridized carbons (Fsp3) is 0.333. The van der Waals surface area contributed by atoms with E-state index in [2.05, 4.69) is 9.97 Å². The van der Waals surface area contributed by atoms with Crippen molar-refractivity contribution in [3.8, 4) is 17.3 Å². The van der Waals surface area contributed by atoms with E-state index in [0.29, 0.717) is 16.9 Å². The van der Waals surface area contributed by atoms with Crippen molar-refractivity contribution >= 4 is 11.6 Å². The summed E-state index contributed by atoms with van der Waals surface area (Å²) in [5, 5.41) is 0.432. The molecule has 3 nitrogen and oxygen atoms in total. The highest BCUT2D eigenvalue weighted by Gasteiger charge is 2.13. The van der Waals surface area contributed by atoms with Crippen molar-refractivity contribution < 1.29 is 4.74 Å². The minimum Gasteiger partial charge on any atom is -0.475 e. The number of halogens is 1. The van der Waals surface area contributed by atoms with Gasteiger partial charge in [0, 0.05) is 11.1 Å². The van der Waals surface area contributed by atoms with Gasteiger partial charge in [0.05, 0.1) is 6.10 Å². The summed E-state index contributed by atoms with van der Waals surface area (Å²) in [6.45, 7) is 7.82. The van der Waals surface area contributed by atoms with Crippen LogP contribution in [0.2, 0.25) is 5.15 Å². The van der Waals surface area contributed by atoms with Crippen molar-refractivity contribution in [3.63, 3.8) is 0 Å². The molecule has 100 valence electrons. The van der Waals surface area contributed by atoms with Gasteiger partial charge in [-0.15, -0.1) is 0 Å². The number of aromatic nitrogens is 2. The van der Waals surface area contributed by atoms with Crippen LogP contribution >= 0.6 is 11.6 Å². The van der Waals surface area contributed by atoms with Gasteiger partial charge in [0.1, 0.15) is 5.15 Å². The Hall–Kier alpha value is -1.61. The fourth-order valence-electron chi connectivity index (χ4n) is 1.64. The Balaban J connectivity index is 2.46. The van der Waals surface area contributed by atoms with Crippen LogP contribution in [0.3, 0.4) is 0 Å². The van der Waals surface area contributed by atoms with Gasteiger partial charge in [-0.3, -0.25) is 0 Å². The van der Waals surface area contributed by atoms with E-state index in [1.807, 2.05) is 52.0 Å². The van der Waals surface area contributed by atoms with Gasteiger partial charge in [-0.2, -0.15) is 4.98 Å². The zero-order valence-corrected chi connectivity index (χ0v) is 12.3. The van der Waals surface area contributed by atoms with E-state index in [-0.39, 0.29) is 6.10 Å². The van der Waals surface area contributed by atoms with Crippen molar-refractivity contribution in [2.24, 2.45) is 0 Å². The molecule has 19 heavy (non-hydrogen) atoms. The molecule has 2 rings (SSSR count). The van der Waals surface area contributed by atoms with Crippen molar-refractivity contribution in [2.45, 2.75) is 33.8 Å². The van der Waals surface area contributed by atoms with Gasteiger partial charge in [0.15, 0.2) is 5.82 Å². The number of hydrogen-bond donors (Lipinski definition) is 0. The van der Waals surface area contributed by atoms with Crippen LogP contribution in [0.25, 0.3) is 11.4 Å². The summed E-state index contributed by atoms with van der Waals surface area (Å²) >= 11 is 6.15. The maximum Gasteiger partial charge on any atom is 0.221 e. The molecule has 0 amide bonds. The molecule has 2 aromatic rings. The van der Waals surface area contributed by atoms with Crippen LogP contribution in [0.4, 0.5) is 0 Å². The Morgan fingerprint density at radius 3 is 2.26 bits per heavy atom. The third kappa shape index (κ3) is 3.24. The number of nitrogens with zero attached hydrogens (tertiary/aromatic N) is 2. The molecule has 0 saturated carbocycles. The number of aryl methyl sites for hydroxylation is 1. The van der Waals surface area contributed by atoms with Crippen LogP contribution in [-0.2, 0) is 0 Å². The molecule has 0 atom stereocenters. The normalized spacial score (nSPS) is 10.8. The predicted octanol–water partition coefficient (Wildman–Crippen LogP) is 4.20. The summed E-state index contributed by atoms with van der Waals surface area (Å²) in [5.41, 5.74) is 2.90. The molecule has 0 aliphatic rings. The first-order valence-electron chi connectivity index (χ1n) is 6.25. The topological polar surface area (TPSA) is 35.0 Å². The van der Waals surface area contributed by atoms with Gasteiger partial charge in [0.25, 0.3) is 0 Å². The molecule has 0 N–H and O–H groups in total. The van der Waals surface area contributed by atoms with Crippen LogP contribution in [0.15, 0.2) is 24.3 Å². The lowest BCUT2D eigenvalue weighted by atomic mass is 10.1. The molecule has 0 saturated heterocycles. The number of ether oxygens (including phenoxy) is 1. The second-order valence-electron chi connectivity index (χ2n) is 4.80. The fourth-order valence-corrected chi connectivity index (χ4v) is 1.80. The third-order valence-electron chi connectivity index (χ3n) is 2.70.